The first-order valence-electron chi connectivity index (χ1n) is 9.10. The zero-order chi connectivity index (χ0) is 22.2. The third-order valence-corrected chi connectivity index (χ3v) is 4.53. The second-order valence-electron chi connectivity index (χ2n) is 6.39. The number of nitriles is 1. The molecular formula is C23H16ClN3O4. The van der Waals surface area contributed by atoms with Crippen LogP contribution in [-0.4, -0.2) is 10.8 Å². The number of non-ortho nitro benzene ring substituents is 1. The van der Waals surface area contributed by atoms with Crippen LogP contribution in [0.25, 0.3) is 6.08 Å². The summed E-state index contributed by atoms with van der Waals surface area (Å²) in [6.45, 7) is 0.167. The summed E-state index contributed by atoms with van der Waals surface area (Å²) in [7, 11) is 0. The smallest absolute Gasteiger partial charge is 0.269 e. The zero-order valence-electron chi connectivity index (χ0n) is 16.1. The van der Waals surface area contributed by atoms with E-state index in [0.29, 0.717) is 27.6 Å². The maximum absolute atomic E-state index is 12.4. The summed E-state index contributed by atoms with van der Waals surface area (Å²) in [4.78, 5) is 22.8. The van der Waals surface area contributed by atoms with Gasteiger partial charge in [-0.25, -0.2) is 0 Å². The number of benzene rings is 3. The third-order valence-electron chi connectivity index (χ3n) is 4.21. The van der Waals surface area contributed by atoms with Crippen molar-refractivity contribution in [2.75, 3.05) is 5.32 Å². The summed E-state index contributed by atoms with van der Waals surface area (Å²) in [5.41, 5.74) is 1.64. The van der Waals surface area contributed by atoms with Gasteiger partial charge in [0, 0.05) is 12.1 Å². The molecule has 154 valence electrons. The van der Waals surface area contributed by atoms with Crippen molar-refractivity contribution < 1.29 is 14.5 Å². The lowest BCUT2D eigenvalue weighted by atomic mass is 10.1. The van der Waals surface area contributed by atoms with Gasteiger partial charge in [-0.05, 0) is 41.5 Å². The Bertz CT molecular complexity index is 1180. The number of amides is 1. The highest BCUT2D eigenvalue weighted by atomic mass is 35.5. The van der Waals surface area contributed by atoms with E-state index in [-0.39, 0.29) is 17.9 Å². The Morgan fingerprint density at radius 2 is 1.87 bits per heavy atom. The summed E-state index contributed by atoms with van der Waals surface area (Å²) >= 11 is 6.03. The molecule has 3 aromatic rings. The molecule has 3 rings (SSSR count). The topological polar surface area (TPSA) is 105 Å². The molecule has 31 heavy (non-hydrogen) atoms. The standard InChI is InChI=1S/C23H16ClN3O4/c24-21-6-1-2-7-22(21)26-23(28)18(14-25)12-16-8-10-20(11-9-16)31-15-17-4-3-5-19(13-17)27(29)30/h1-13H,15H2,(H,26,28)/b18-12+. The van der Waals surface area contributed by atoms with Crippen LogP contribution in [0, 0.1) is 21.4 Å². The average molecular weight is 434 g/mol. The van der Waals surface area contributed by atoms with E-state index in [0.717, 1.165) is 0 Å². The number of halogens is 1. The number of nitrogens with one attached hydrogen (secondary N) is 1. The van der Waals surface area contributed by atoms with Crippen LogP contribution in [0.3, 0.4) is 0 Å². The number of anilines is 1. The lowest BCUT2D eigenvalue weighted by Crippen LogP contribution is -2.13. The molecule has 0 bridgehead atoms. The summed E-state index contributed by atoms with van der Waals surface area (Å²) in [6, 6.07) is 21.6. The van der Waals surface area contributed by atoms with Crippen LogP contribution in [0.4, 0.5) is 11.4 Å². The molecule has 1 N–H and O–H groups in total. The molecule has 0 heterocycles. The number of nitro benzene ring substituents is 1. The molecule has 0 saturated carbocycles. The van der Waals surface area contributed by atoms with E-state index in [9.17, 15) is 20.2 Å². The molecule has 8 heteroatoms. The van der Waals surface area contributed by atoms with Crippen molar-refractivity contribution in [2.24, 2.45) is 0 Å². The molecule has 0 radical (unpaired) electrons. The van der Waals surface area contributed by atoms with E-state index >= 15 is 0 Å². The van der Waals surface area contributed by atoms with Gasteiger partial charge in [-0.3, -0.25) is 14.9 Å². The van der Waals surface area contributed by atoms with Crippen molar-refractivity contribution in [1.29, 1.82) is 5.26 Å². The van der Waals surface area contributed by atoms with Gasteiger partial charge in [0.1, 0.15) is 24.0 Å². The predicted octanol–water partition coefficient (Wildman–Crippen LogP) is 5.37. The van der Waals surface area contributed by atoms with Crippen molar-refractivity contribution in [3.8, 4) is 11.8 Å². The second kappa shape index (κ2) is 10.1. The first-order valence-corrected chi connectivity index (χ1v) is 9.48. The van der Waals surface area contributed by atoms with Crippen LogP contribution in [0.5, 0.6) is 5.75 Å². The van der Waals surface area contributed by atoms with Crippen molar-refractivity contribution >= 4 is 35.0 Å². The number of para-hydroxylation sites is 1. The van der Waals surface area contributed by atoms with Gasteiger partial charge in [0.05, 0.1) is 15.6 Å². The van der Waals surface area contributed by atoms with Crippen molar-refractivity contribution in [1.82, 2.24) is 0 Å². The summed E-state index contributed by atoms with van der Waals surface area (Å²) in [5.74, 6) is -0.0238. The lowest BCUT2D eigenvalue weighted by molar-refractivity contribution is -0.384. The molecule has 0 saturated heterocycles. The molecule has 0 aliphatic heterocycles. The van der Waals surface area contributed by atoms with Gasteiger partial charge in [0.15, 0.2) is 0 Å². The predicted molar refractivity (Wildman–Crippen MR) is 118 cm³/mol. The first kappa shape index (κ1) is 21.6. The van der Waals surface area contributed by atoms with Crippen molar-refractivity contribution in [3.63, 3.8) is 0 Å². The number of hydrogen-bond donors (Lipinski definition) is 1. The fraction of sp³-hybridized carbons (Fsp3) is 0.0435. The largest absolute Gasteiger partial charge is 0.489 e. The minimum atomic E-state index is -0.568. The minimum Gasteiger partial charge on any atom is -0.489 e. The summed E-state index contributed by atoms with van der Waals surface area (Å²) < 4.78 is 5.65. The highest BCUT2D eigenvalue weighted by Crippen LogP contribution is 2.22. The van der Waals surface area contributed by atoms with Gasteiger partial charge >= 0.3 is 0 Å². The molecule has 0 aliphatic carbocycles. The quantitative estimate of drug-likeness (QED) is 0.233. The summed E-state index contributed by atoms with van der Waals surface area (Å²) in [5, 5.41) is 23.2. The van der Waals surface area contributed by atoms with Crippen LogP contribution >= 0.6 is 11.6 Å². The number of hydrogen-bond acceptors (Lipinski definition) is 5. The highest BCUT2D eigenvalue weighted by Gasteiger charge is 2.11. The monoisotopic (exact) mass is 433 g/mol. The molecule has 3 aromatic carbocycles. The van der Waals surface area contributed by atoms with Crippen molar-refractivity contribution in [3.05, 3.63) is 105 Å². The van der Waals surface area contributed by atoms with Gasteiger partial charge in [0.2, 0.25) is 0 Å². The highest BCUT2D eigenvalue weighted by molar-refractivity contribution is 6.34. The molecule has 1 amide bonds. The van der Waals surface area contributed by atoms with Crippen LogP contribution in [0.1, 0.15) is 11.1 Å². The normalized spacial score (nSPS) is 10.8. The third kappa shape index (κ3) is 5.92. The van der Waals surface area contributed by atoms with Crippen molar-refractivity contribution in [2.45, 2.75) is 6.61 Å². The van der Waals surface area contributed by atoms with Crippen LogP contribution in [-0.2, 0) is 11.4 Å². The Kier molecular flexibility index (Phi) is 6.99. The Balaban J connectivity index is 1.65. The fourth-order valence-electron chi connectivity index (χ4n) is 2.65. The van der Waals surface area contributed by atoms with Gasteiger partial charge < -0.3 is 10.1 Å². The lowest BCUT2D eigenvalue weighted by Gasteiger charge is -2.07. The Hall–Kier alpha value is -4.15. The van der Waals surface area contributed by atoms with E-state index in [1.54, 1.807) is 60.7 Å². The SMILES string of the molecule is N#C/C(=C\c1ccc(OCc2cccc([N+](=O)[O-])c2)cc1)C(=O)Nc1ccccc1Cl. The fourth-order valence-corrected chi connectivity index (χ4v) is 2.84. The first-order chi connectivity index (χ1) is 15.0. The molecule has 0 unspecified atom stereocenters. The molecule has 0 fully saturated rings. The number of rotatable bonds is 7. The maximum atomic E-state index is 12.4. The molecular weight excluding hydrogens is 418 g/mol. The van der Waals surface area contributed by atoms with Crippen LogP contribution in [0.15, 0.2) is 78.4 Å². The number of ether oxygens (including phenoxy) is 1. The molecule has 0 aromatic heterocycles. The molecule has 7 nitrogen and oxygen atoms in total. The molecule has 0 atom stereocenters. The number of nitro groups is 1. The van der Waals surface area contributed by atoms with E-state index < -0.39 is 10.8 Å². The average Bonchev–Trinajstić information content (AvgIpc) is 2.78. The maximum Gasteiger partial charge on any atom is 0.269 e. The number of nitrogens with zero attached hydrogens (tertiary/aromatic N) is 2. The minimum absolute atomic E-state index is 0.000634. The molecule has 0 spiro atoms. The second-order valence-corrected chi connectivity index (χ2v) is 6.80. The zero-order valence-corrected chi connectivity index (χ0v) is 16.9. The van der Waals surface area contributed by atoms with Gasteiger partial charge in [-0.2, -0.15) is 5.26 Å². The Labute approximate surface area is 183 Å². The van der Waals surface area contributed by atoms with E-state index in [4.69, 9.17) is 16.3 Å². The number of carbonyl (C=O) groups excluding carboxylic acids is 1. The van der Waals surface area contributed by atoms with Crippen LogP contribution < -0.4 is 10.1 Å². The van der Waals surface area contributed by atoms with Gasteiger partial charge in [0.25, 0.3) is 11.6 Å². The van der Waals surface area contributed by atoms with Gasteiger partial charge in [-0.1, -0.05) is 48.0 Å². The number of carbonyl (C=O) groups is 1. The Morgan fingerprint density at radius 3 is 2.55 bits per heavy atom. The summed E-state index contributed by atoms with van der Waals surface area (Å²) in [6.07, 6.45) is 1.45. The van der Waals surface area contributed by atoms with Crippen LogP contribution in [0.2, 0.25) is 5.02 Å². The van der Waals surface area contributed by atoms with E-state index in [2.05, 4.69) is 5.32 Å². The van der Waals surface area contributed by atoms with E-state index in [1.165, 1.54) is 18.2 Å². The van der Waals surface area contributed by atoms with E-state index in [1.807, 2.05) is 6.07 Å². The Morgan fingerprint density at radius 1 is 1.13 bits per heavy atom. The van der Waals surface area contributed by atoms with Gasteiger partial charge in [-0.15, -0.1) is 0 Å². The molecule has 0 aliphatic rings.